The SMILES string of the molecule is CCCCCCCCCCCCCCCC(=O)O[C@H](COC(=O)CCCCCCC[C@@H]1C[C@@H]1CCCCCC)CO[P+]([O-])(O)OCC[N+](C)(C)C. The molecule has 1 saturated carbocycles. The van der Waals surface area contributed by atoms with Crippen LogP contribution in [0.25, 0.3) is 0 Å². The molecule has 0 spiro atoms. The molecule has 0 bridgehead atoms. The molecule has 51 heavy (non-hydrogen) atoms. The number of likely N-dealkylation sites (N-methyl/N-ethyl adjacent to an activating group) is 1. The van der Waals surface area contributed by atoms with Gasteiger partial charge in [-0.3, -0.25) is 9.59 Å². The lowest BCUT2D eigenvalue weighted by Crippen LogP contribution is -2.38. The summed E-state index contributed by atoms with van der Waals surface area (Å²) in [6.07, 6.45) is 30.4. The fourth-order valence-corrected chi connectivity index (χ4v) is 7.35. The van der Waals surface area contributed by atoms with E-state index in [2.05, 4.69) is 13.8 Å². The van der Waals surface area contributed by atoms with Gasteiger partial charge in [0.15, 0.2) is 6.10 Å². The standard InChI is InChI=1S/C41H80NO8P/c1-6-8-10-12-13-14-15-16-17-18-19-22-27-31-41(44)50-39(36-49-51(45,46)48-33-32-42(3,4)5)35-47-40(43)30-26-23-20-21-25-29-38-34-37(38)28-24-11-9-7-2/h37-39H,6-36H2,1-5H3/p+1/t37-,38+,39+/m0/s1. The molecule has 1 aliphatic rings. The number of nitrogens with zero attached hydrogens (tertiary/aromatic N) is 1. The number of hydrogen-bond acceptors (Lipinski definition) is 8. The first-order valence-corrected chi connectivity index (χ1v) is 22.7. The van der Waals surface area contributed by atoms with Gasteiger partial charge in [0.1, 0.15) is 26.4 Å². The zero-order valence-corrected chi connectivity index (χ0v) is 34.7. The topological polar surface area (TPSA) is 114 Å². The molecule has 0 aliphatic heterocycles. The predicted octanol–water partition coefficient (Wildman–Crippen LogP) is 10.0. The van der Waals surface area contributed by atoms with E-state index in [0.29, 0.717) is 17.4 Å². The van der Waals surface area contributed by atoms with Crippen molar-refractivity contribution in [1.82, 2.24) is 0 Å². The van der Waals surface area contributed by atoms with Crippen molar-refractivity contribution in [3.05, 3.63) is 0 Å². The highest BCUT2D eigenvalue weighted by Gasteiger charge is 2.35. The molecular formula is C41H81NO8P+. The molecule has 0 aromatic rings. The Morgan fingerprint density at radius 1 is 0.647 bits per heavy atom. The molecule has 9 nitrogen and oxygen atoms in total. The Labute approximate surface area is 314 Å². The molecule has 1 rings (SSSR count). The van der Waals surface area contributed by atoms with E-state index in [1.54, 1.807) is 0 Å². The van der Waals surface area contributed by atoms with Crippen molar-refractivity contribution in [3.8, 4) is 0 Å². The van der Waals surface area contributed by atoms with Crippen molar-refractivity contribution in [1.29, 1.82) is 0 Å². The Morgan fingerprint density at radius 2 is 1.08 bits per heavy atom. The summed E-state index contributed by atoms with van der Waals surface area (Å²) in [6.45, 7) is 4.46. The van der Waals surface area contributed by atoms with Gasteiger partial charge >= 0.3 is 20.1 Å². The first-order valence-electron chi connectivity index (χ1n) is 21.2. The number of unbranched alkanes of at least 4 members (excludes halogenated alkanes) is 19. The Morgan fingerprint density at radius 3 is 1.57 bits per heavy atom. The van der Waals surface area contributed by atoms with E-state index in [-0.39, 0.29) is 25.6 Å². The normalized spacial score (nSPS) is 17.6. The number of phosphoric acid groups is 1. The van der Waals surface area contributed by atoms with Crippen LogP contribution >= 0.6 is 8.17 Å². The Hall–Kier alpha value is -0.830. The largest absolute Gasteiger partial charge is 0.606 e. The second-order valence-electron chi connectivity index (χ2n) is 16.3. The number of esters is 2. The highest BCUT2D eigenvalue weighted by molar-refractivity contribution is 7.52. The second-order valence-corrected chi connectivity index (χ2v) is 17.8. The zero-order chi connectivity index (χ0) is 37.6. The summed E-state index contributed by atoms with van der Waals surface area (Å²) in [4.78, 5) is 47.8. The van der Waals surface area contributed by atoms with Crippen molar-refractivity contribution in [3.63, 3.8) is 0 Å². The number of carbonyl (C=O) groups excluding carboxylic acids is 2. The minimum atomic E-state index is -4.36. The van der Waals surface area contributed by atoms with Crippen molar-refractivity contribution in [2.45, 2.75) is 193 Å². The Balaban J connectivity index is 2.29. The molecule has 0 heterocycles. The summed E-state index contributed by atoms with van der Waals surface area (Å²) in [7, 11) is 1.49. The Bertz CT molecular complexity index is 852. The van der Waals surface area contributed by atoms with Gasteiger partial charge in [0.25, 0.3) is 0 Å². The number of hydrogen-bond donors (Lipinski definition) is 1. The summed E-state index contributed by atoms with van der Waals surface area (Å²) < 4.78 is 21.8. The molecule has 4 atom stereocenters. The van der Waals surface area contributed by atoms with E-state index in [0.717, 1.165) is 50.4 Å². The van der Waals surface area contributed by atoms with Crippen LogP contribution in [0.2, 0.25) is 0 Å². The van der Waals surface area contributed by atoms with E-state index in [1.165, 1.54) is 122 Å². The van der Waals surface area contributed by atoms with Crippen LogP contribution in [0.5, 0.6) is 0 Å². The number of phosphoric ester groups is 1. The highest BCUT2D eigenvalue weighted by Crippen LogP contribution is 2.47. The van der Waals surface area contributed by atoms with Crippen LogP contribution in [0.4, 0.5) is 0 Å². The summed E-state index contributed by atoms with van der Waals surface area (Å²) in [6, 6.07) is 0. The summed E-state index contributed by atoms with van der Waals surface area (Å²) >= 11 is 0. The Kier molecular flexibility index (Phi) is 28.8. The summed E-state index contributed by atoms with van der Waals surface area (Å²) in [5.74, 6) is 1.16. The molecule has 1 fully saturated rings. The fraction of sp³-hybridized carbons (Fsp3) is 0.951. The third-order valence-corrected chi connectivity index (χ3v) is 11.1. The van der Waals surface area contributed by atoms with E-state index in [4.69, 9.17) is 18.5 Å². The average molecular weight is 747 g/mol. The smallest absolute Gasteiger partial charge is 0.377 e. The monoisotopic (exact) mass is 747 g/mol. The van der Waals surface area contributed by atoms with Gasteiger partial charge in [-0.05, 0) is 31.1 Å². The average Bonchev–Trinajstić information content (AvgIpc) is 3.83. The van der Waals surface area contributed by atoms with Crippen molar-refractivity contribution >= 4 is 20.1 Å². The summed E-state index contributed by atoms with van der Waals surface area (Å²) in [5, 5.41) is 0. The first kappa shape index (κ1) is 48.2. The molecule has 10 heteroatoms. The molecule has 0 radical (unpaired) electrons. The minimum Gasteiger partial charge on any atom is -0.606 e. The lowest BCUT2D eigenvalue weighted by atomic mass is 10.0. The molecule has 1 aliphatic carbocycles. The molecule has 302 valence electrons. The van der Waals surface area contributed by atoms with Gasteiger partial charge in [-0.15, -0.1) is 0 Å². The second kappa shape index (κ2) is 30.5. The minimum absolute atomic E-state index is 0.0377. The van der Waals surface area contributed by atoms with Gasteiger partial charge < -0.3 is 18.9 Å². The van der Waals surface area contributed by atoms with Gasteiger partial charge in [0, 0.05) is 12.8 Å². The lowest BCUT2D eigenvalue weighted by Gasteiger charge is -2.26. The van der Waals surface area contributed by atoms with E-state index in [9.17, 15) is 19.4 Å². The van der Waals surface area contributed by atoms with Gasteiger partial charge in [-0.25, -0.2) is 0 Å². The zero-order valence-electron chi connectivity index (χ0n) is 33.9. The third-order valence-electron chi connectivity index (χ3n) is 10.1. The maximum Gasteiger partial charge on any atom is 0.377 e. The van der Waals surface area contributed by atoms with Crippen LogP contribution < -0.4 is 4.89 Å². The predicted molar refractivity (Wildman–Crippen MR) is 208 cm³/mol. The molecule has 1 unspecified atom stereocenters. The van der Waals surface area contributed by atoms with Gasteiger partial charge in [-0.1, -0.05) is 155 Å². The number of quaternary nitrogens is 1. The van der Waals surface area contributed by atoms with Gasteiger partial charge in [-0.2, -0.15) is 13.9 Å². The van der Waals surface area contributed by atoms with Crippen LogP contribution in [0.1, 0.15) is 187 Å². The van der Waals surface area contributed by atoms with Crippen LogP contribution in [0.3, 0.4) is 0 Å². The lowest BCUT2D eigenvalue weighted by molar-refractivity contribution is -0.870. The molecule has 0 amide bonds. The van der Waals surface area contributed by atoms with Crippen LogP contribution in [0.15, 0.2) is 0 Å². The number of rotatable bonds is 37. The van der Waals surface area contributed by atoms with Crippen LogP contribution in [-0.4, -0.2) is 74.9 Å². The maximum absolute atomic E-state index is 12.7. The molecule has 0 saturated heterocycles. The van der Waals surface area contributed by atoms with Gasteiger partial charge in [0.2, 0.25) is 0 Å². The van der Waals surface area contributed by atoms with Crippen LogP contribution in [0, 0.1) is 11.8 Å². The van der Waals surface area contributed by atoms with E-state index < -0.39 is 26.9 Å². The van der Waals surface area contributed by atoms with Crippen molar-refractivity contribution < 1.29 is 42.4 Å². The molecule has 1 N–H and O–H groups in total. The van der Waals surface area contributed by atoms with Gasteiger partial charge in [0.05, 0.1) is 21.1 Å². The van der Waals surface area contributed by atoms with E-state index >= 15 is 0 Å². The third kappa shape index (κ3) is 31.2. The number of carbonyl (C=O) groups is 2. The molecular weight excluding hydrogens is 665 g/mol. The fourth-order valence-electron chi connectivity index (χ4n) is 6.61. The van der Waals surface area contributed by atoms with Crippen LogP contribution in [-0.2, 0) is 28.1 Å². The highest BCUT2D eigenvalue weighted by atomic mass is 31.2. The van der Waals surface area contributed by atoms with E-state index in [1.807, 2.05) is 21.1 Å². The van der Waals surface area contributed by atoms with Crippen molar-refractivity contribution in [2.75, 3.05) is 47.5 Å². The summed E-state index contributed by atoms with van der Waals surface area (Å²) in [5.41, 5.74) is 0. The quantitative estimate of drug-likeness (QED) is 0.0289. The first-order chi connectivity index (χ1) is 24.5. The maximum atomic E-state index is 12.7. The molecule has 0 aromatic heterocycles. The van der Waals surface area contributed by atoms with Crippen molar-refractivity contribution in [2.24, 2.45) is 11.8 Å². The molecule has 0 aromatic carbocycles. The number of ether oxygens (including phenoxy) is 2.